The summed E-state index contributed by atoms with van der Waals surface area (Å²) in [5, 5.41) is 7.91. The van der Waals surface area contributed by atoms with Gasteiger partial charge < -0.3 is 16.4 Å². The normalized spacial score (nSPS) is 10.8. The van der Waals surface area contributed by atoms with Crippen LogP contribution >= 0.6 is 0 Å². The van der Waals surface area contributed by atoms with Gasteiger partial charge in [0, 0.05) is 26.0 Å². The third kappa shape index (κ3) is 4.29. The van der Waals surface area contributed by atoms with Crippen molar-refractivity contribution in [3.05, 3.63) is 53.9 Å². The minimum Gasteiger partial charge on any atom is -0.388 e. The summed E-state index contributed by atoms with van der Waals surface area (Å²) in [6.45, 7) is 0. The van der Waals surface area contributed by atoms with Crippen molar-refractivity contribution in [3.8, 4) is 0 Å². The number of hydrogen-bond acceptors (Lipinski definition) is 5. The predicted molar refractivity (Wildman–Crippen MR) is 92.4 cm³/mol. The summed E-state index contributed by atoms with van der Waals surface area (Å²) >= 11 is 0. The van der Waals surface area contributed by atoms with E-state index < -0.39 is 5.91 Å². The Balaban J connectivity index is 2.07. The van der Waals surface area contributed by atoms with Gasteiger partial charge in [-0.1, -0.05) is 6.07 Å². The maximum absolute atomic E-state index is 12.1. The average molecular weight is 326 g/mol. The van der Waals surface area contributed by atoms with Gasteiger partial charge in [0.15, 0.2) is 0 Å². The van der Waals surface area contributed by atoms with Gasteiger partial charge in [0.05, 0.1) is 11.3 Å². The molecule has 0 saturated heterocycles. The van der Waals surface area contributed by atoms with Crippen molar-refractivity contribution in [2.75, 3.05) is 19.4 Å². The quantitative estimate of drug-likeness (QED) is 0.490. The first-order valence-corrected chi connectivity index (χ1v) is 7.15. The van der Waals surface area contributed by atoms with E-state index in [1.807, 2.05) is 12.1 Å². The van der Waals surface area contributed by atoms with Crippen molar-refractivity contribution in [2.24, 2.45) is 10.7 Å². The van der Waals surface area contributed by atoms with E-state index >= 15 is 0 Å². The zero-order chi connectivity index (χ0) is 17.5. The molecule has 0 bridgehead atoms. The maximum Gasteiger partial charge on any atom is 0.269 e. The maximum atomic E-state index is 12.1. The van der Waals surface area contributed by atoms with Crippen LogP contribution in [0.2, 0.25) is 0 Å². The van der Waals surface area contributed by atoms with E-state index in [-0.39, 0.29) is 23.1 Å². The monoisotopic (exact) mass is 326 g/mol. The molecule has 0 aliphatic carbocycles. The number of aromatic nitrogens is 1. The van der Waals surface area contributed by atoms with Crippen LogP contribution in [0.5, 0.6) is 0 Å². The van der Waals surface area contributed by atoms with E-state index in [9.17, 15) is 9.59 Å². The summed E-state index contributed by atoms with van der Waals surface area (Å²) in [4.78, 5) is 31.6. The van der Waals surface area contributed by atoms with Crippen molar-refractivity contribution in [2.45, 2.75) is 0 Å². The van der Waals surface area contributed by atoms with Gasteiger partial charge in [0.2, 0.25) is 5.96 Å². The van der Waals surface area contributed by atoms with Crippen molar-refractivity contribution >= 4 is 29.1 Å². The number of nitrogens with two attached hydrogens (primary N) is 1. The summed E-state index contributed by atoms with van der Waals surface area (Å²) in [7, 11) is 3.30. The van der Waals surface area contributed by atoms with Gasteiger partial charge in [-0.3, -0.25) is 19.9 Å². The Hall–Kier alpha value is -3.42. The Morgan fingerprint density at radius 2 is 1.92 bits per heavy atom. The highest BCUT2D eigenvalue weighted by atomic mass is 16.2. The fourth-order valence-electron chi connectivity index (χ4n) is 1.88. The van der Waals surface area contributed by atoms with Gasteiger partial charge in [-0.2, -0.15) is 0 Å². The Morgan fingerprint density at radius 3 is 2.54 bits per heavy atom. The molecule has 0 aliphatic rings. The number of carbonyl (C=O) groups excluding carboxylic acids is 2. The Kier molecular flexibility index (Phi) is 5.45. The molecule has 0 aliphatic heterocycles. The van der Waals surface area contributed by atoms with Crippen LogP contribution in [0, 0.1) is 0 Å². The van der Waals surface area contributed by atoms with E-state index in [2.05, 4.69) is 25.9 Å². The number of nitrogens with one attached hydrogen (secondary N) is 3. The molecule has 2 amide bonds. The molecule has 1 aromatic heterocycles. The average Bonchev–Trinajstić information content (AvgIpc) is 2.61. The highest BCUT2D eigenvalue weighted by Gasteiger charge is 2.10. The Morgan fingerprint density at radius 1 is 1.12 bits per heavy atom. The van der Waals surface area contributed by atoms with Crippen LogP contribution in [-0.4, -0.2) is 36.9 Å². The number of benzene rings is 1. The third-order valence-electron chi connectivity index (χ3n) is 3.11. The first-order chi connectivity index (χ1) is 11.5. The second-order valence-electron chi connectivity index (χ2n) is 4.76. The minimum atomic E-state index is -0.461. The van der Waals surface area contributed by atoms with Crippen molar-refractivity contribution in [3.63, 3.8) is 0 Å². The molecule has 124 valence electrons. The van der Waals surface area contributed by atoms with Gasteiger partial charge in [0.1, 0.15) is 5.69 Å². The fraction of sp³-hybridized carbons (Fsp3) is 0.125. The molecule has 2 rings (SSSR count). The summed E-state index contributed by atoms with van der Waals surface area (Å²) in [6, 6.07) is 10.2. The lowest BCUT2D eigenvalue weighted by atomic mass is 10.2. The van der Waals surface area contributed by atoms with Crippen LogP contribution in [0.3, 0.4) is 0 Å². The van der Waals surface area contributed by atoms with Crippen molar-refractivity contribution < 1.29 is 9.59 Å². The number of nitrogens with zero attached hydrogens (tertiary/aromatic N) is 2. The topological polar surface area (TPSA) is 122 Å². The number of aliphatic imine (C=N–C) groups is 1. The lowest BCUT2D eigenvalue weighted by Crippen LogP contribution is -2.36. The zero-order valence-corrected chi connectivity index (χ0v) is 13.3. The molecule has 0 fully saturated rings. The molecule has 0 unspecified atom stereocenters. The van der Waals surface area contributed by atoms with E-state index in [0.717, 1.165) is 5.69 Å². The summed E-state index contributed by atoms with van der Waals surface area (Å²) < 4.78 is 0. The number of anilines is 1. The van der Waals surface area contributed by atoms with Gasteiger partial charge in [-0.15, -0.1) is 0 Å². The molecule has 0 radical (unpaired) electrons. The number of carbonyl (C=O) groups is 2. The molecule has 8 nitrogen and oxygen atoms in total. The first kappa shape index (κ1) is 16.9. The number of hydrogen-bond donors (Lipinski definition) is 4. The molecular formula is C16H18N6O2. The molecular weight excluding hydrogens is 308 g/mol. The predicted octanol–water partition coefficient (Wildman–Crippen LogP) is 0.859. The number of rotatable bonds is 4. The zero-order valence-electron chi connectivity index (χ0n) is 13.3. The van der Waals surface area contributed by atoms with Gasteiger partial charge >= 0.3 is 0 Å². The third-order valence-corrected chi connectivity index (χ3v) is 3.11. The summed E-state index contributed by atoms with van der Waals surface area (Å²) in [5.74, 6) is -0.826. The van der Waals surface area contributed by atoms with Crippen molar-refractivity contribution in [1.29, 1.82) is 0 Å². The van der Waals surface area contributed by atoms with Gasteiger partial charge in [0.25, 0.3) is 11.8 Å². The van der Waals surface area contributed by atoms with Gasteiger partial charge in [-0.05, 0) is 30.3 Å². The number of pyridine rings is 1. The van der Waals surface area contributed by atoms with Crippen molar-refractivity contribution in [1.82, 2.24) is 15.6 Å². The molecule has 8 heteroatoms. The summed E-state index contributed by atoms with van der Waals surface area (Å²) in [6.07, 6.45) is 1.30. The Bertz CT molecular complexity index is 770. The highest BCUT2D eigenvalue weighted by molar-refractivity contribution is 6.06. The molecule has 5 N–H and O–H groups in total. The van der Waals surface area contributed by atoms with Crippen LogP contribution in [0.25, 0.3) is 0 Å². The lowest BCUT2D eigenvalue weighted by Gasteiger charge is -2.06. The van der Waals surface area contributed by atoms with E-state index in [0.29, 0.717) is 5.69 Å². The molecule has 0 spiro atoms. The molecule has 24 heavy (non-hydrogen) atoms. The second-order valence-corrected chi connectivity index (χ2v) is 4.76. The van der Waals surface area contributed by atoms with Gasteiger partial charge in [-0.25, -0.2) is 4.99 Å². The standard InChI is InChI=1S/C16H18N6O2/c1-18-11-4-3-5-12(8-11)21-16(17)22-14(23)10-6-7-13(20-9-10)15(24)19-2/h3-9,18H,1-2H3,(H,19,24)(H3,17,21,22,23). The van der Waals surface area contributed by atoms with E-state index in [1.165, 1.54) is 25.4 Å². The Labute approximate surface area is 139 Å². The van der Waals surface area contributed by atoms with Crippen LogP contribution < -0.4 is 21.7 Å². The molecule has 2 aromatic rings. The molecule has 0 saturated carbocycles. The second kappa shape index (κ2) is 7.73. The SMILES string of the molecule is CNC(=O)c1ccc(C(=O)NC(N)=Nc2cccc(NC)c2)cn1. The molecule has 0 atom stereocenters. The van der Waals surface area contributed by atoms with Crippen LogP contribution in [0.15, 0.2) is 47.6 Å². The molecule has 1 aromatic carbocycles. The minimum absolute atomic E-state index is 0.0383. The van der Waals surface area contributed by atoms with E-state index in [4.69, 9.17) is 5.73 Å². The largest absolute Gasteiger partial charge is 0.388 e. The summed E-state index contributed by atoms with van der Waals surface area (Å²) in [5.41, 5.74) is 7.72. The lowest BCUT2D eigenvalue weighted by molar-refractivity contribution is 0.0951. The molecule has 1 heterocycles. The fourth-order valence-corrected chi connectivity index (χ4v) is 1.88. The van der Waals surface area contributed by atoms with Crippen LogP contribution in [-0.2, 0) is 0 Å². The highest BCUT2D eigenvalue weighted by Crippen LogP contribution is 2.17. The number of guanidine groups is 1. The van der Waals surface area contributed by atoms with E-state index in [1.54, 1.807) is 19.2 Å². The first-order valence-electron chi connectivity index (χ1n) is 7.15. The smallest absolute Gasteiger partial charge is 0.269 e. The van der Waals surface area contributed by atoms with Crippen LogP contribution in [0.1, 0.15) is 20.8 Å². The number of amides is 2. The van der Waals surface area contributed by atoms with Crippen LogP contribution in [0.4, 0.5) is 11.4 Å².